The summed E-state index contributed by atoms with van der Waals surface area (Å²) in [6.07, 6.45) is 3.72. The van der Waals surface area contributed by atoms with Gasteiger partial charge in [0, 0.05) is 11.7 Å². The molecule has 4 heteroatoms. The van der Waals surface area contributed by atoms with Crippen LogP contribution in [0.25, 0.3) is 0 Å². The van der Waals surface area contributed by atoms with Gasteiger partial charge in [0.15, 0.2) is 0 Å². The predicted octanol–water partition coefficient (Wildman–Crippen LogP) is 2.63. The molecule has 18 heavy (non-hydrogen) atoms. The molecule has 1 aromatic carbocycles. The van der Waals surface area contributed by atoms with Crippen molar-refractivity contribution in [3.05, 3.63) is 29.8 Å². The van der Waals surface area contributed by atoms with Crippen LogP contribution in [-0.4, -0.2) is 26.0 Å². The highest BCUT2D eigenvalue weighted by atomic mass is 32.2. The lowest BCUT2D eigenvalue weighted by atomic mass is 10.1. The van der Waals surface area contributed by atoms with Crippen molar-refractivity contribution in [3.8, 4) is 0 Å². The van der Waals surface area contributed by atoms with Crippen LogP contribution in [0.15, 0.2) is 24.3 Å². The molecule has 1 aromatic rings. The third-order valence-corrected chi connectivity index (χ3v) is 5.13. The summed E-state index contributed by atoms with van der Waals surface area (Å²) in [5.74, 6) is 0.636. The second-order valence-electron chi connectivity index (χ2n) is 5.02. The number of aryl methyl sites for hydroxylation is 1. The molecule has 2 rings (SSSR count). The Balaban J connectivity index is 1.90. The Morgan fingerprint density at radius 1 is 1.17 bits per heavy atom. The van der Waals surface area contributed by atoms with Gasteiger partial charge in [-0.25, -0.2) is 8.42 Å². The normalized spacial score (nSPS) is 19.6. The van der Waals surface area contributed by atoms with E-state index in [-0.39, 0.29) is 0 Å². The molecule has 1 fully saturated rings. The van der Waals surface area contributed by atoms with Crippen LogP contribution in [0, 0.1) is 0 Å². The maximum atomic E-state index is 11.3. The van der Waals surface area contributed by atoms with E-state index < -0.39 is 9.84 Å². The van der Waals surface area contributed by atoms with Crippen LogP contribution in [0.2, 0.25) is 0 Å². The minimum atomic E-state index is -2.76. The molecule has 0 aliphatic carbocycles. The van der Waals surface area contributed by atoms with E-state index in [2.05, 4.69) is 36.5 Å². The summed E-state index contributed by atoms with van der Waals surface area (Å²) in [6, 6.07) is 8.77. The molecule has 0 atom stereocenters. The van der Waals surface area contributed by atoms with Gasteiger partial charge in [0.25, 0.3) is 0 Å². The second-order valence-corrected chi connectivity index (χ2v) is 7.32. The zero-order chi connectivity index (χ0) is 13.0. The van der Waals surface area contributed by atoms with Gasteiger partial charge in [0.1, 0.15) is 9.84 Å². The fourth-order valence-corrected chi connectivity index (χ4v) is 3.82. The van der Waals surface area contributed by atoms with Gasteiger partial charge >= 0.3 is 0 Å². The smallest absolute Gasteiger partial charge is 0.150 e. The molecular formula is C14H21NO2S. The van der Waals surface area contributed by atoms with Crippen LogP contribution < -0.4 is 5.32 Å². The predicted molar refractivity (Wildman–Crippen MR) is 75.7 cm³/mol. The third-order valence-electron chi connectivity index (χ3n) is 3.42. The third kappa shape index (κ3) is 3.73. The monoisotopic (exact) mass is 267 g/mol. The molecule has 0 saturated carbocycles. The van der Waals surface area contributed by atoms with Gasteiger partial charge < -0.3 is 5.32 Å². The van der Waals surface area contributed by atoms with Crippen LogP contribution in [0.3, 0.4) is 0 Å². The summed E-state index contributed by atoms with van der Waals surface area (Å²) < 4.78 is 22.7. The molecule has 0 amide bonds. The fraction of sp³-hybridized carbons (Fsp3) is 0.571. The van der Waals surface area contributed by atoms with E-state index >= 15 is 0 Å². The molecular weight excluding hydrogens is 246 g/mol. The van der Waals surface area contributed by atoms with E-state index in [0.717, 1.165) is 31.4 Å². The number of anilines is 1. The van der Waals surface area contributed by atoms with E-state index in [1.165, 1.54) is 5.56 Å². The molecule has 100 valence electrons. The van der Waals surface area contributed by atoms with Crippen molar-refractivity contribution in [1.29, 1.82) is 0 Å². The lowest BCUT2D eigenvalue weighted by Crippen LogP contribution is -2.32. The zero-order valence-corrected chi connectivity index (χ0v) is 11.7. The molecule has 0 spiro atoms. The first kappa shape index (κ1) is 13.4. The molecule has 1 aliphatic heterocycles. The highest BCUT2D eigenvalue weighted by Gasteiger charge is 2.23. The topological polar surface area (TPSA) is 46.2 Å². The van der Waals surface area contributed by atoms with Gasteiger partial charge in [-0.15, -0.1) is 0 Å². The van der Waals surface area contributed by atoms with Gasteiger partial charge in [-0.2, -0.15) is 0 Å². The van der Waals surface area contributed by atoms with Gasteiger partial charge in [-0.1, -0.05) is 25.5 Å². The summed E-state index contributed by atoms with van der Waals surface area (Å²) in [5.41, 5.74) is 2.45. The minimum Gasteiger partial charge on any atom is -0.382 e. The number of rotatable bonds is 4. The number of hydrogen-bond acceptors (Lipinski definition) is 3. The van der Waals surface area contributed by atoms with E-state index in [9.17, 15) is 8.42 Å². The van der Waals surface area contributed by atoms with Crippen LogP contribution in [0.5, 0.6) is 0 Å². The number of sulfone groups is 1. The standard InChI is InChI=1S/C14H21NO2S/c1-2-3-12-4-6-13(7-5-12)15-14-8-10-18(16,17)11-9-14/h4-7,14-15H,2-3,8-11H2,1H3. The SMILES string of the molecule is CCCc1ccc(NC2CCS(=O)(=O)CC2)cc1. The Morgan fingerprint density at radius 2 is 1.78 bits per heavy atom. The Bertz CT molecular complexity index is 465. The van der Waals surface area contributed by atoms with Crippen LogP contribution >= 0.6 is 0 Å². The van der Waals surface area contributed by atoms with Gasteiger partial charge in [-0.3, -0.25) is 0 Å². The minimum absolute atomic E-state index is 0.297. The summed E-state index contributed by atoms with van der Waals surface area (Å²) in [5, 5.41) is 3.42. The first-order chi connectivity index (χ1) is 8.59. The quantitative estimate of drug-likeness (QED) is 0.912. The van der Waals surface area contributed by atoms with Gasteiger partial charge in [0.2, 0.25) is 0 Å². The largest absolute Gasteiger partial charge is 0.382 e. The molecule has 0 bridgehead atoms. The molecule has 1 heterocycles. The van der Waals surface area contributed by atoms with E-state index in [0.29, 0.717) is 17.5 Å². The van der Waals surface area contributed by atoms with Crippen LogP contribution in [0.4, 0.5) is 5.69 Å². The summed E-state index contributed by atoms with van der Waals surface area (Å²) >= 11 is 0. The Morgan fingerprint density at radius 3 is 2.33 bits per heavy atom. The summed E-state index contributed by atoms with van der Waals surface area (Å²) in [4.78, 5) is 0. The Kier molecular flexibility index (Phi) is 4.27. The molecule has 3 nitrogen and oxygen atoms in total. The highest BCUT2D eigenvalue weighted by Crippen LogP contribution is 2.18. The zero-order valence-electron chi connectivity index (χ0n) is 10.9. The lowest BCUT2D eigenvalue weighted by Gasteiger charge is -2.24. The molecule has 1 N–H and O–H groups in total. The lowest BCUT2D eigenvalue weighted by molar-refractivity contribution is 0.559. The van der Waals surface area contributed by atoms with Gasteiger partial charge in [0.05, 0.1) is 11.5 Å². The Labute approximate surface area is 110 Å². The van der Waals surface area contributed by atoms with Crippen molar-refractivity contribution >= 4 is 15.5 Å². The van der Waals surface area contributed by atoms with E-state index in [1.54, 1.807) is 0 Å². The van der Waals surface area contributed by atoms with Crippen molar-refractivity contribution in [2.24, 2.45) is 0 Å². The van der Waals surface area contributed by atoms with Crippen LogP contribution in [0.1, 0.15) is 31.7 Å². The average Bonchev–Trinajstić information content (AvgIpc) is 2.35. The number of benzene rings is 1. The second kappa shape index (κ2) is 5.74. The maximum absolute atomic E-state index is 11.3. The first-order valence-electron chi connectivity index (χ1n) is 6.65. The van der Waals surface area contributed by atoms with E-state index in [4.69, 9.17) is 0 Å². The van der Waals surface area contributed by atoms with Crippen molar-refractivity contribution < 1.29 is 8.42 Å². The van der Waals surface area contributed by atoms with Crippen molar-refractivity contribution in [2.45, 2.75) is 38.6 Å². The number of hydrogen-bond donors (Lipinski definition) is 1. The van der Waals surface area contributed by atoms with Gasteiger partial charge in [-0.05, 0) is 37.0 Å². The highest BCUT2D eigenvalue weighted by molar-refractivity contribution is 7.91. The molecule has 0 unspecified atom stereocenters. The number of nitrogens with one attached hydrogen (secondary N) is 1. The van der Waals surface area contributed by atoms with E-state index in [1.807, 2.05) is 0 Å². The molecule has 0 aromatic heterocycles. The molecule has 1 saturated heterocycles. The van der Waals surface area contributed by atoms with Crippen molar-refractivity contribution in [1.82, 2.24) is 0 Å². The Hall–Kier alpha value is -1.03. The first-order valence-corrected chi connectivity index (χ1v) is 8.47. The fourth-order valence-electron chi connectivity index (χ4n) is 2.33. The summed E-state index contributed by atoms with van der Waals surface area (Å²) in [7, 11) is -2.76. The molecule has 0 radical (unpaired) electrons. The maximum Gasteiger partial charge on any atom is 0.150 e. The molecule has 1 aliphatic rings. The van der Waals surface area contributed by atoms with Crippen molar-refractivity contribution in [2.75, 3.05) is 16.8 Å². The van der Waals surface area contributed by atoms with Crippen molar-refractivity contribution in [3.63, 3.8) is 0 Å². The average molecular weight is 267 g/mol. The summed E-state index contributed by atoms with van der Waals surface area (Å²) in [6.45, 7) is 2.18. The van der Waals surface area contributed by atoms with Crippen LogP contribution in [-0.2, 0) is 16.3 Å².